The fourth-order valence-electron chi connectivity index (χ4n) is 1.58. The van der Waals surface area contributed by atoms with Crippen molar-refractivity contribution in [2.45, 2.75) is 6.18 Å². The van der Waals surface area contributed by atoms with E-state index in [4.69, 9.17) is 0 Å². The largest absolute Gasteiger partial charge is 1.00 e. The third-order valence-corrected chi connectivity index (χ3v) is 2.48. The van der Waals surface area contributed by atoms with Crippen LogP contribution in [0.15, 0.2) is 42.6 Å². The fraction of sp³-hybridized carbons (Fsp3) is 0.0769. The molecule has 0 fully saturated rings. The van der Waals surface area contributed by atoms with Crippen LogP contribution in [0.5, 0.6) is 0 Å². The first kappa shape index (κ1) is 17.5. The minimum atomic E-state index is -4.47. The van der Waals surface area contributed by atoms with Gasteiger partial charge in [-0.2, -0.15) is 13.2 Å². The van der Waals surface area contributed by atoms with Crippen LogP contribution in [0.3, 0.4) is 0 Å². The van der Waals surface area contributed by atoms with E-state index in [9.17, 15) is 23.1 Å². The molecular weight excluding hydrogens is 296 g/mol. The van der Waals surface area contributed by atoms with Crippen molar-refractivity contribution in [2.75, 3.05) is 5.32 Å². The minimum absolute atomic E-state index is 0. The number of anilines is 2. The molecular formula is C13H8F3N2NaO2. The Labute approximate surface area is 140 Å². The molecule has 1 N–H and O–H groups in total. The van der Waals surface area contributed by atoms with Crippen LogP contribution in [0.4, 0.5) is 24.7 Å². The van der Waals surface area contributed by atoms with Gasteiger partial charge in [-0.1, -0.05) is 6.07 Å². The molecule has 2 aromatic rings. The number of hydrogen-bond donors (Lipinski definition) is 1. The number of nitrogens with one attached hydrogen (secondary N) is 1. The Morgan fingerprint density at radius 2 is 1.90 bits per heavy atom. The predicted octanol–water partition coefficient (Wildman–Crippen LogP) is -0.789. The smallest absolute Gasteiger partial charge is 0.545 e. The number of pyridine rings is 1. The summed E-state index contributed by atoms with van der Waals surface area (Å²) in [5.41, 5.74) is -0.987. The molecule has 0 bridgehead atoms. The van der Waals surface area contributed by atoms with Gasteiger partial charge in [-0.25, -0.2) is 4.98 Å². The van der Waals surface area contributed by atoms with Gasteiger partial charge in [0.2, 0.25) is 0 Å². The standard InChI is InChI=1S/C13H9F3N2O2.Na/c14-13(15,16)8-3-1-4-9(7-8)18-11-10(12(19)20)5-2-6-17-11;/h1-7H,(H,17,18)(H,19,20);/q;+1/p-1. The number of alkyl halides is 3. The van der Waals surface area contributed by atoms with Crippen molar-refractivity contribution < 1.29 is 52.6 Å². The van der Waals surface area contributed by atoms with Gasteiger partial charge >= 0.3 is 35.7 Å². The van der Waals surface area contributed by atoms with Gasteiger partial charge in [-0.05, 0) is 30.3 Å². The maximum Gasteiger partial charge on any atom is 1.00 e. The molecule has 0 atom stereocenters. The molecule has 0 radical (unpaired) electrons. The van der Waals surface area contributed by atoms with Crippen LogP contribution in [-0.2, 0) is 6.18 Å². The predicted molar refractivity (Wildman–Crippen MR) is 63.3 cm³/mol. The van der Waals surface area contributed by atoms with Gasteiger partial charge < -0.3 is 15.2 Å². The van der Waals surface area contributed by atoms with Crippen LogP contribution in [0.25, 0.3) is 0 Å². The molecule has 2 rings (SSSR count). The molecule has 8 heteroatoms. The second-order valence-electron chi connectivity index (χ2n) is 3.89. The van der Waals surface area contributed by atoms with Crippen molar-refractivity contribution in [3.05, 3.63) is 53.7 Å². The summed E-state index contributed by atoms with van der Waals surface area (Å²) in [7, 11) is 0. The number of carboxylic acids is 1. The number of hydrogen-bond acceptors (Lipinski definition) is 4. The van der Waals surface area contributed by atoms with Gasteiger partial charge in [-0.3, -0.25) is 0 Å². The van der Waals surface area contributed by atoms with E-state index in [2.05, 4.69) is 10.3 Å². The summed E-state index contributed by atoms with van der Waals surface area (Å²) in [5.74, 6) is -1.54. The Hall–Kier alpha value is -1.57. The number of carbonyl (C=O) groups excluding carboxylic acids is 1. The number of aromatic nitrogens is 1. The quantitative estimate of drug-likeness (QED) is 0.755. The Kier molecular flexibility index (Phi) is 5.77. The first-order chi connectivity index (χ1) is 9.38. The number of rotatable bonds is 3. The third-order valence-electron chi connectivity index (χ3n) is 2.48. The molecule has 0 saturated heterocycles. The minimum Gasteiger partial charge on any atom is -0.545 e. The molecule has 21 heavy (non-hydrogen) atoms. The third kappa shape index (κ3) is 4.45. The summed E-state index contributed by atoms with van der Waals surface area (Å²) in [6.45, 7) is 0. The molecule has 1 aromatic heterocycles. The Morgan fingerprint density at radius 1 is 1.19 bits per heavy atom. The SMILES string of the molecule is O=C([O-])c1cccnc1Nc1cccc(C(F)(F)F)c1.[Na+]. The number of carbonyl (C=O) groups is 1. The molecule has 0 aliphatic rings. The van der Waals surface area contributed by atoms with E-state index in [0.717, 1.165) is 12.1 Å². The fourth-order valence-corrected chi connectivity index (χ4v) is 1.58. The van der Waals surface area contributed by atoms with Gasteiger partial charge in [0, 0.05) is 17.4 Å². The van der Waals surface area contributed by atoms with Crippen LogP contribution >= 0.6 is 0 Å². The summed E-state index contributed by atoms with van der Waals surface area (Å²) in [5, 5.41) is 13.4. The summed E-state index contributed by atoms with van der Waals surface area (Å²) >= 11 is 0. The molecule has 0 aliphatic carbocycles. The van der Waals surface area contributed by atoms with Gasteiger partial charge in [0.05, 0.1) is 11.5 Å². The second-order valence-corrected chi connectivity index (χ2v) is 3.89. The molecule has 0 spiro atoms. The number of nitrogens with zero attached hydrogens (tertiary/aromatic N) is 1. The van der Waals surface area contributed by atoms with E-state index in [0.29, 0.717) is 0 Å². The van der Waals surface area contributed by atoms with E-state index in [1.54, 1.807) is 0 Å². The molecule has 0 unspecified atom stereocenters. The molecule has 0 saturated carbocycles. The topological polar surface area (TPSA) is 65.0 Å². The Bertz CT molecular complexity index is 647. The number of carboxylic acid groups (broad SMARTS) is 1. The molecule has 1 aromatic carbocycles. The van der Waals surface area contributed by atoms with Crippen molar-refractivity contribution in [1.29, 1.82) is 0 Å². The number of halogens is 3. The molecule has 4 nitrogen and oxygen atoms in total. The zero-order valence-corrected chi connectivity index (χ0v) is 12.9. The zero-order valence-electron chi connectivity index (χ0n) is 10.9. The van der Waals surface area contributed by atoms with Crippen LogP contribution in [0.2, 0.25) is 0 Å². The maximum absolute atomic E-state index is 12.6. The van der Waals surface area contributed by atoms with Gasteiger partial charge in [0.1, 0.15) is 5.82 Å². The van der Waals surface area contributed by atoms with Crippen molar-refractivity contribution in [3.8, 4) is 0 Å². The van der Waals surface area contributed by atoms with Crippen molar-refractivity contribution in [3.63, 3.8) is 0 Å². The zero-order chi connectivity index (χ0) is 14.8. The summed E-state index contributed by atoms with van der Waals surface area (Å²) in [6, 6.07) is 7.02. The number of benzene rings is 1. The average molecular weight is 304 g/mol. The van der Waals surface area contributed by atoms with E-state index < -0.39 is 17.7 Å². The van der Waals surface area contributed by atoms with Gasteiger partial charge in [-0.15, -0.1) is 0 Å². The number of aromatic carboxylic acids is 1. The van der Waals surface area contributed by atoms with Gasteiger partial charge in [0.25, 0.3) is 0 Å². The van der Waals surface area contributed by atoms with Crippen LogP contribution in [-0.4, -0.2) is 11.0 Å². The normalized spacial score (nSPS) is 10.6. The van der Waals surface area contributed by atoms with E-state index in [-0.39, 0.29) is 46.6 Å². The Balaban J connectivity index is 0.00000220. The van der Waals surface area contributed by atoms with Crippen molar-refractivity contribution >= 4 is 17.5 Å². The van der Waals surface area contributed by atoms with Crippen molar-refractivity contribution in [1.82, 2.24) is 4.98 Å². The van der Waals surface area contributed by atoms with E-state index >= 15 is 0 Å². The monoisotopic (exact) mass is 304 g/mol. The second kappa shape index (κ2) is 6.93. The molecule has 0 amide bonds. The Morgan fingerprint density at radius 3 is 2.52 bits per heavy atom. The van der Waals surface area contributed by atoms with Crippen LogP contribution in [0.1, 0.15) is 15.9 Å². The first-order valence-electron chi connectivity index (χ1n) is 5.48. The summed E-state index contributed by atoms with van der Waals surface area (Å²) in [4.78, 5) is 14.6. The molecule has 104 valence electrons. The summed E-state index contributed by atoms with van der Waals surface area (Å²) in [6.07, 6.45) is -3.15. The maximum atomic E-state index is 12.6. The molecule has 1 heterocycles. The summed E-state index contributed by atoms with van der Waals surface area (Å²) < 4.78 is 37.7. The average Bonchev–Trinajstić information content (AvgIpc) is 2.38. The molecule has 0 aliphatic heterocycles. The van der Waals surface area contributed by atoms with E-state index in [1.165, 1.54) is 30.5 Å². The van der Waals surface area contributed by atoms with Gasteiger partial charge in [0.15, 0.2) is 0 Å². The van der Waals surface area contributed by atoms with Crippen LogP contribution < -0.4 is 40.0 Å². The van der Waals surface area contributed by atoms with Crippen LogP contribution in [0, 0.1) is 0 Å². The van der Waals surface area contributed by atoms with E-state index in [1.807, 2.05) is 0 Å². The van der Waals surface area contributed by atoms with Crippen molar-refractivity contribution in [2.24, 2.45) is 0 Å². The first-order valence-corrected chi connectivity index (χ1v) is 5.48.